The van der Waals surface area contributed by atoms with E-state index in [1.54, 1.807) is 0 Å². The number of aliphatic hydroxyl groups is 1. The van der Waals surface area contributed by atoms with Crippen molar-refractivity contribution in [3.63, 3.8) is 0 Å². The van der Waals surface area contributed by atoms with Crippen LogP contribution in [0.3, 0.4) is 0 Å². The summed E-state index contributed by atoms with van der Waals surface area (Å²) < 4.78 is 68.5. The van der Waals surface area contributed by atoms with Crippen molar-refractivity contribution >= 4 is 39.5 Å². The molecule has 5 atom stereocenters. The van der Waals surface area contributed by atoms with E-state index in [1.165, 1.54) is 225 Å². The maximum Gasteiger partial charge on any atom is 0.472 e. The van der Waals surface area contributed by atoms with Gasteiger partial charge in [-0.15, -0.1) is 0 Å². The van der Waals surface area contributed by atoms with Crippen molar-refractivity contribution in [2.75, 3.05) is 39.6 Å². The van der Waals surface area contributed by atoms with Crippen molar-refractivity contribution in [3.05, 3.63) is 0 Å². The molecular weight excluding hydrogens is 1250 g/mol. The third-order valence-corrected chi connectivity index (χ3v) is 19.7. The molecule has 95 heavy (non-hydrogen) atoms. The highest BCUT2D eigenvalue weighted by atomic mass is 31.2. The van der Waals surface area contributed by atoms with Crippen LogP contribution in [0.5, 0.6) is 0 Å². The van der Waals surface area contributed by atoms with Gasteiger partial charge in [0.05, 0.1) is 26.4 Å². The fraction of sp³-hybridized carbons (Fsp3) is 0.947. The van der Waals surface area contributed by atoms with E-state index < -0.39 is 97.5 Å². The third kappa shape index (κ3) is 70.3. The van der Waals surface area contributed by atoms with Crippen LogP contribution in [0.15, 0.2) is 0 Å². The van der Waals surface area contributed by atoms with E-state index in [9.17, 15) is 43.2 Å². The summed E-state index contributed by atoms with van der Waals surface area (Å²) in [7, 11) is -9.91. The number of ether oxygens (including phenoxy) is 4. The summed E-state index contributed by atoms with van der Waals surface area (Å²) in [5.41, 5.74) is 0. The Kier molecular flexibility index (Phi) is 67.7. The van der Waals surface area contributed by atoms with E-state index >= 15 is 0 Å². The Morgan fingerprint density at radius 1 is 0.284 bits per heavy atom. The fourth-order valence-electron chi connectivity index (χ4n) is 11.7. The topological polar surface area (TPSA) is 237 Å². The van der Waals surface area contributed by atoms with Crippen LogP contribution in [-0.4, -0.2) is 96.7 Å². The van der Waals surface area contributed by atoms with Gasteiger partial charge >= 0.3 is 39.5 Å². The first-order valence-corrected chi connectivity index (χ1v) is 42.6. The molecule has 19 heteroatoms. The summed E-state index contributed by atoms with van der Waals surface area (Å²) in [6.07, 6.45) is 58.1. The number of phosphoric acid groups is 2. The van der Waals surface area contributed by atoms with Crippen LogP contribution in [0.25, 0.3) is 0 Å². The number of phosphoric ester groups is 2. The first kappa shape index (κ1) is 93.1. The first-order valence-electron chi connectivity index (χ1n) is 39.6. The zero-order valence-electron chi connectivity index (χ0n) is 61.8. The first-order chi connectivity index (χ1) is 46.0. The number of carbonyl (C=O) groups is 4. The van der Waals surface area contributed by atoms with Gasteiger partial charge in [-0.05, 0) is 31.6 Å². The molecule has 0 amide bonds. The molecule has 0 spiro atoms. The zero-order valence-corrected chi connectivity index (χ0v) is 63.6. The minimum atomic E-state index is -4.96. The van der Waals surface area contributed by atoms with Crippen LogP contribution in [0.4, 0.5) is 0 Å². The Labute approximate surface area is 581 Å². The van der Waals surface area contributed by atoms with Gasteiger partial charge in [-0.3, -0.25) is 37.3 Å². The summed E-state index contributed by atoms with van der Waals surface area (Å²) in [5, 5.41) is 10.6. The van der Waals surface area contributed by atoms with Crippen LogP contribution < -0.4 is 0 Å². The monoisotopic (exact) mass is 1400 g/mol. The highest BCUT2D eigenvalue weighted by Crippen LogP contribution is 2.45. The molecule has 0 aliphatic rings. The van der Waals surface area contributed by atoms with E-state index in [-0.39, 0.29) is 25.7 Å². The average molecular weight is 1400 g/mol. The molecule has 0 fully saturated rings. The van der Waals surface area contributed by atoms with Crippen molar-refractivity contribution in [3.8, 4) is 0 Å². The van der Waals surface area contributed by atoms with Crippen LogP contribution in [0, 0.1) is 5.92 Å². The molecule has 0 aliphatic carbocycles. The Morgan fingerprint density at radius 2 is 0.484 bits per heavy atom. The molecule has 0 aromatic rings. The number of hydrogen-bond donors (Lipinski definition) is 3. The van der Waals surface area contributed by atoms with Gasteiger partial charge in [-0.1, -0.05) is 349 Å². The van der Waals surface area contributed by atoms with Crippen LogP contribution in [-0.2, 0) is 65.4 Å². The number of aliphatic hydroxyl groups excluding tert-OH is 1. The Hall–Kier alpha value is -1.94. The number of carbonyl (C=O) groups excluding carboxylic acids is 4. The molecule has 0 saturated carbocycles. The molecule has 0 bridgehead atoms. The number of rotatable bonds is 76. The van der Waals surface area contributed by atoms with Crippen molar-refractivity contribution in [1.29, 1.82) is 0 Å². The lowest BCUT2D eigenvalue weighted by Gasteiger charge is -2.21. The van der Waals surface area contributed by atoms with Gasteiger partial charge < -0.3 is 33.8 Å². The minimum Gasteiger partial charge on any atom is -0.462 e. The van der Waals surface area contributed by atoms with E-state index in [4.69, 9.17) is 37.0 Å². The molecule has 0 aliphatic heterocycles. The lowest BCUT2D eigenvalue weighted by molar-refractivity contribution is -0.161. The summed E-state index contributed by atoms with van der Waals surface area (Å²) >= 11 is 0. The van der Waals surface area contributed by atoms with E-state index in [0.717, 1.165) is 95.8 Å². The largest absolute Gasteiger partial charge is 0.472 e. The van der Waals surface area contributed by atoms with Crippen LogP contribution >= 0.6 is 15.6 Å². The molecule has 0 aromatic carbocycles. The standard InChI is InChI=1S/C76H148O17P2/c1-6-9-12-15-18-21-24-26-28-29-31-33-36-41-46-51-56-61-75(80)92-71(65-87-74(79)60-55-50-45-40-35-32-30-27-25-22-19-16-13-10-7-2)67-90-94(82,83)88-63-70(77)64-89-95(84,85)91-68-72(66-86-73(78)59-54-49-44-39-34-23-20-17-14-11-8-3)93-76(81)62-57-52-47-42-37-38-43-48-53-58-69(4)5/h69-72,77H,6-68H2,1-5H3,(H,82,83)(H,84,85)/t70-,71-,72-/m1/s1. The van der Waals surface area contributed by atoms with E-state index in [0.29, 0.717) is 25.7 Å². The molecule has 2 unspecified atom stereocenters. The van der Waals surface area contributed by atoms with Crippen LogP contribution in [0.1, 0.15) is 401 Å². The summed E-state index contributed by atoms with van der Waals surface area (Å²) in [4.78, 5) is 72.8. The third-order valence-electron chi connectivity index (χ3n) is 17.8. The number of hydrogen-bond acceptors (Lipinski definition) is 15. The van der Waals surface area contributed by atoms with Crippen molar-refractivity contribution in [1.82, 2.24) is 0 Å². The molecule has 0 saturated heterocycles. The minimum absolute atomic E-state index is 0.106. The van der Waals surface area contributed by atoms with Gasteiger partial charge in [-0.2, -0.15) is 0 Å². The normalized spacial score (nSPS) is 13.9. The highest BCUT2D eigenvalue weighted by molar-refractivity contribution is 7.47. The second-order valence-electron chi connectivity index (χ2n) is 27.9. The number of unbranched alkanes of at least 4 members (excludes halogenated alkanes) is 48. The Morgan fingerprint density at radius 3 is 0.716 bits per heavy atom. The van der Waals surface area contributed by atoms with E-state index in [2.05, 4.69) is 34.6 Å². The molecule has 0 heterocycles. The SMILES string of the molecule is CCCCCCCCCCCCCCCCCCCC(=O)O[C@H](COC(=O)CCCCCCCCCCCCCCCCC)COP(=O)(O)OC[C@@H](O)COP(=O)(O)OC[C@@H](COC(=O)CCCCCCCCCCCCC)OC(=O)CCCCCCCCCCCC(C)C. The van der Waals surface area contributed by atoms with Gasteiger partial charge in [0.25, 0.3) is 0 Å². The lowest BCUT2D eigenvalue weighted by Crippen LogP contribution is -2.30. The Bertz CT molecular complexity index is 1820. The van der Waals surface area contributed by atoms with Crippen LogP contribution in [0.2, 0.25) is 0 Å². The predicted molar refractivity (Wildman–Crippen MR) is 386 cm³/mol. The van der Waals surface area contributed by atoms with Gasteiger partial charge in [-0.25, -0.2) is 9.13 Å². The summed E-state index contributed by atoms with van der Waals surface area (Å²) in [6, 6.07) is 0. The van der Waals surface area contributed by atoms with Gasteiger partial charge in [0.15, 0.2) is 12.2 Å². The molecule has 3 N–H and O–H groups in total. The highest BCUT2D eigenvalue weighted by Gasteiger charge is 2.30. The second-order valence-corrected chi connectivity index (χ2v) is 30.8. The van der Waals surface area contributed by atoms with E-state index in [1.807, 2.05) is 0 Å². The predicted octanol–water partition coefficient (Wildman–Crippen LogP) is 22.5. The summed E-state index contributed by atoms with van der Waals surface area (Å²) in [6.45, 7) is 7.27. The van der Waals surface area contributed by atoms with Crippen molar-refractivity contribution in [2.24, 2.45) is 5.92 Å². The maximum atomic E-state index is 13.1. The molecule has 0 aromatic heterocycles. The van der Waals surface area contributed by atoms with Gasteiger partial charge in [0.1, 0.15) is 19.3 Å². The maximum absolute atomic E-state index is 13.1. The fourth-order valence-corrected chi connectivity index (χ4v) is 13.3. The lowest BCUT2D eigenvalue weighted by atomic mass is 10.0. The second kappa shape index (κ2) is 69.2. The Balaban J connectivity index is 5.25. The molecule has 0 radical (unpaired) electrons. The molecular formula is C76H148O17P2. The van der Waals surface area contributed by atoms with Gasteiger partial charge in [0.2, 0.25) is 0 Å². The number of esters is 4. The zero-order chi connectivity index (χ0) is 69.8. The smallest absolute Gasteiger partial charge is 0.462 e. The molecule has 17 nitrogen and oxygen atoms in total. The molecule has 0 rings (SSSR count). The quantitative estimate of drug-likeness (QED) is 0.0222. The molecule has 564 valence electrons. The average Bonchev–Trinajstić information content (AvgIpc) is 1.83. The van der Waals surface area contributed by atoms with Gasteiger partial charge in [0, 0.05) is 25.7 Å². The van der Waals surface area contributed by atoms with Crippen molar-refractivity contribution < 1.29 is 80.2 Å². The summed E-state index contributed by atoms with van der Waals surface area (Å²) in [5.74, 6) is -1.38. The van der Waals surface area contributed by atoms with Crippen molar-refractivity contribution in [2.45, 2.75) is 419 Å².